The first-order chi connectivity index (χ1) is 17.4. The molecule has 0 bridgehead atoms. The number of hydrogen-bond donors (Lipinski definition) is 2. The summed E-state index contributed by atoms with van der Waals surface area (Å²) >= 11 is 0. The summed E-state index contributed by atoms with van der Waals surface area (Å²) in [7, 11) is 0. The molecule has 9 heteroatoms. The summed E-state index contributed by atoms with van der Waals surface area (Å²) in [6, 6.07) is 17.9. The SMILES string of the molecule is CC(C)(O)c1cccc(Nc2ncnc(N3CCN(c4ncc(Cc5ccccc5)cn4)CC3)n2)c1. The van der Waals surface area contributed by atoms with Crippen molar-refractivity contribution in [3.8, 4) is 0 Å². The van der Waals surface area contributed by atoms with Crippen LogP contribution in [-0.2, 0) is 12.0 Å². The second-order valence-corrected chi connectivity index (χ2v) is 9.40. The van der Waals surface area contributed by atoms with Gasteiger partial charge < -0.3 is 20.2 Å². The molecule has 0 amide bonds. The van der Waals surface area contributed by atoms with Gasteiger partial charge >= 0.3 is 0 Å². The Hall–Kier alpha value is -4.11. The molecular weight excluding hydrogens is 452 g/mol. The number of anilines is 4. The van der Waals surface area contributed by atoms with Crippen molar-refractivity contribution in [3.63, 3.8) is 0 Å². The molecule has 4 aromatic rings. The number of nitrogens with one attached hydrogen (secondary N) is 1. The average Bonchev–Trinajstić information content (AvgIpc) is 2.90. The van der Waals surface area contributed by atoms with Crippen molar-refractivity contribution >= 4 is 23.5 Å². The Bertz CT molecular complexity index is 1280. The largest absolute Gasteiger partial charge is 0.386 e. The number of rotatable bonds is 7. The third-order valence-corrected chi connectivity index (χ3v) is 6.17. The Morgan fingerprint density at radius 1 is 0.806 bits per heavy atom. The Labute approximate surface area is 210 Å². The molecule has 0 radical (unpaired) electrons. The van der Waals surface area contributed by atoms with Crippen LogP contribution in [0.5, 0.6) is 0 Å². The molecule has 2 aromatic heterocycles. The highest BCUT2D eigenvalue weighted by molar-refractivity contribution is 5.56. The zero-order valence-electron chi connectivity index (χ0n) is 20.5. The van der Waals surface area contributed by atoms with E-state index in [1.807, 2.05) is 54.9 Å². The molecular formula is C27H30N8O. The summed E-state index contributed by atoms with van der Waals surface area (Å²) in [4.78, 5) is 26.8. The maximum Gasteiger partial charge on any atom is 0.231 e. The molecule has 0 saturated carbocycles. The van der Waals surface area contributed by atoms with Crippen LogP contribution in [0.4, 0.5) is 23.5 Å². The van der Waals surface area contributed by atoms with Crippen molar-refractivity contribution < 1.29 is 5.11 Å². The number of piperazine rings is 1. The van der Waals surface area contributed by atoms with Gasteiger partial charge in [0.25, 0.3) is 0 Å². The van der Waals surface area contributed by atoms with E-state index in [4.69, 9.17) is 0 Å². The standard InChI is InChI=1S/C27H30N8O/c1-27(2,36)22-9-6-10-23(16-22)32-24-30-19-31-26(33-24)35-13-11-34(12-14-35)25-28-17-21(18-29-25)15-20-7-4-3-5-8-20/h3-10,16-19,36H,11-15H2,1-2H3,(H,30,31,32,33). The quantitative estimate of drug-likeness (QED) is 0.409. The number of aromatic nitrogens is 5. The second-order valence-electron chi connectivity index (χ2n) is 9.40. The first-order valence-electron chi connectivity index (χ1n) is 12.1. The van der Waals surface area contributed by atoms with Gasteiger partial charge in [0.2, 0.25) is 17.8 Å². The number of nitrogens with zero attached hydrogens (tertiary/aromatic N) is 7. The third-order valence-electron chi connectivity index (χ3n) is 6.17. The van der Waals surface area contributed by atoms with Crippen LogP contribution in [0.1, 0.15) is 30.5 Å². The summed E-state index contributed by atoms with van der Waals surface area (Å²) in [5.41, 5.74) is 3.05. The molecule has 1 saturated heterocycles. The van der Waals surface area contributed by atoms with E-state index in [0.717, 1.165) is 55.4 Å². The first kappa shape index (κ1) is 23.6. The lowest BCUT2D eigenvalue weighted by molar-refractivity contribution is 0.0786. The monoisotopic (exact) mass is 482 g/mol. The second kappa shape index (κ2) is 10.2. The lowest BCUT2D eigenvalue weighted by Crippen LogP contribution is -2.47. The highest BCUT2D eigenvalue weighted by atomic mass is 16.3. The Kier molecular flexibility index (Phi) is 6.73. The van der Waals surface area contributed by atoms with Crippen LogP contribution in [0.15, 0.2) is 73.3 Å². The van der Waals surface area contributed by atoms with Gasteiger partial charge in [0.15, 0.2) is 0 Å². The molecule has 5 rings (SSSR count). The summed E-state index contributed by atoms with van der Waals surface area (Å²) in [6.45, 7) is 6.59. The van der Waals surface area contributed by atoms with E-state index in [2.05, 4.69) is 52.2 Å². The number of benzene rings is 2. The van der Waals surface area contributed by atoms with E-state index in [1.165, 1.54) is 11.9 Å². The lowest BCUT2D eigenvalue weighted by atomic mass is 9.98. The van der Waals surface area contributed by atoms with E-state index in [1.54, 1.807) is 13.8 Å². The first-order valence-corrected chi connectivity index (χ1v) is 12.1. The van der Waals surface area contributed by atoms with Gasteiger partial charge in [-0.3, -0.25) is 0 Å². The van der Waals surface area contributed by atoms with Crippen LogP contribution in [0.3, 0.4) is 0 Å². The maximum atomic E-state index is 10.3. The van der Waals surface area contributed by atoms with Crippen LogP contribution in [0, 0.1) is 0 Å². The molecule has 1 aliphatic heterocycles. The fraction of sp³-hybridized carbons (Fsp3) is 0.296. The minimum atomic E-state index is -0.923. The van der Waals surface area contributed by atoms with Crippen LogP contribution in [-0.4, -0.2) is 56.2 Å². The molecule has 184 valence electrons. The van der Waals surface area contributed by atoms with Crippen molar-refractivity contribution in [3.05, 3.63) is 90.0 Å². The van der Waals surface area contributed by atoms with Crippen molar-refractivity contribution in [2.45, 2.75) is 25.9 Å². The average molecular weight is 483 g/mol. The van der Waals surface area contributed by atoms with Gasteiger partial charge in [0.1, 0.15) is 6.33 Å². The van der Waals surface area contributed by atoms with Gasteiger partial charge in [-0.25, -0.2) is 19.9 Å². The van der Waals surface area contributed by atoms with Gasteiger partial charge in [-0.05, 0) is 42.7 Å². The van der Waals surface area contributed by atoms with Crippen LogP contribution in [0.25, 0.3) is 0 Å². The zero-order chi connectivity index (χ0) is 25.0. The summed E-state index contributed by atoms with van der Waals surface area (Å²) in [5, 5.41) is 13.5. The maximum absolute atomic E-state index is 10.3. The predicted octanol–water partition coefficient (Wildman–Crippen LogP) is 3.55. The molecule has 0 atom stereocenters. The minimum Gasteiger partial charge on any atom is -0.386 e. The van der Waals surface area contributed by atoms with Gasteiger partial charge in [-0.2, -0.15) is 4.98 Å². The van der Waals surface area contributed by atoms with E-state index in [9.17, 15) is 5.11 Å². The molecule has 2 aromatic carbocycles. The molecule has 2 N–H and O–H groups in total. The molecule has 36 heavy (non-hydrogen) atoms. The van der Waals surface area contributed by atoms with Crippen LogP contribution < -0.4 is 15.1 Å². The Morgan fingerprint density at radius 2 is 1.50 bits per heavy atom. The molecule has 0 spiro atoms. The van der Waals surface area contributed by atoms with Gasteiger partial charge in [-0.15, -0.1) is 0 Å². The van der Waals surface area contributed by atoms with Crippen molar-refractivity contribution in [2.24, 2.45) is 0 Å². The molecule has 0 aliphatic carbocycles. The fourth-order valence-electron chi connectivity index (χ4n) is 4.15. The number of hydrogen-bond acceptors (Lipinski definition) is 9. The predicted molar refractivity (Wildman–Crippen MR) is 141 cm³/mol. The van der Waals surface area contributed by atoms with Crippen LogP contribution >= 0.6 is 0 Å². The highest BCUT2D eigenvalue weighted by Gasteiger charge is 2.21. The van der Waals surface area contributed by atoms with Crippen molar-refractivity contribution in [2.75, 3.05) is 41.3 Å². The minimum absolute atomic E-state index is 0.465. The van der Waals surface area contributed by atoms with Gasteiger partial charge in [-0.1, -0.05) is 42.5 Å². The van der Waals surface area contributed by atoms with E-state index >= 15 is 0 Å². The number of aliphatic hydroxyl groups is 1. The summed E-state index contributed by atoms with van der Waals surface area (Å²) in [6.07, 6.45) is 6.18. The lowest BCUT2D eigenvalue weighted by Gasteiger charge is -2.34. The van der Waals surface area contributed by atoms with E-state index < -0.39 is 5.60 Å². The fourth-order valence-corrected chi connectivity index (χ4v) is 4.15. The van der Waals surface area contributed by atoms with E-state index in [0.29, 0.717) is 11.9 Å². The Morgan fingerprint density at radius 3 is 2.19 bits per heavy atom. The normalized spacial score (nSPS) is 14.1. The van der Waals surface area contributed by atoms with E-state index in [-0.39, 0.29) is 0 Å². The molecule has 9 nitrogen and oxygen atoms in total. The van der Waals surface area contributed by atoms with Crippen molar-refractivity contribution in [1.82, 2.24) is 24.9 Å². The van der Waals surface area contributed by atoms with Crippen molar-refractivity contribution in [1.29, 1.82) is 0 Å². The zero-order valence-corrected chi connectivity index (χ0v) is 20.5. The summed E-state index contributed by atoms with van der Waals surface area (Å²) < 4.78 is 0. The molecule has 3 heterocycles. The summed E-state index contributed by atoms with van der Waals surface area (Å²) in [5.74, 6) is 1.84. The molecule has 1 aliphatic rings. The van der Waals surface area contributed by atoms with Gasteiger partial charge in [0, 0.05) is 50.7 Å². The van der Waals surface area contributed by atoms with Crippen LogP contribution in [0.2, 0.25) is 0 Å². The Balaban J connectivity index is 1.19. The smallest absolute Gasteiger partial charge is 0.231 e. The van der Waals surface area contributed by atoms with Gasteiger partial charge in [0.05, 0.1) is 5.60 Å². The molecule has 1 fully saturated rings. The molecule has 0 unspecified atom stereocenters. The topological polar surface area (TPSA) is 103 Å². The highest BCUT2D eigenvalue weighted by Crippen LogP contribution is 2.24. The third kappa shape index (κ3) is 5.75.